The smallest absolute Gasteiger partial charge is 0.267 e. The largest absolute Gasteiger partial charge is 0.368 e. The van der Waals surface area contributed by atoms with Crippen LogP contribution in [-0.4, -0.2) is 46.4 Å². The van der Waals surface area contributed by atoms with Crippen molar-refractivity contribution in [2.45, 2.75) is 56.6 Å². The van der Waals surface area contributed by atoms with E-state index in [0.29, 0.717) is 25.6 Å². The van der Waals surface area contributed by atoms with Crippen molar-refractivity contribution in [3.05, 3.63) is 28.2 Å². The van der Waals surface area contributed by atoms with Gasteiger partial charge in [-0.3, -0.25) is 9.59 Å². The van der Waals surface area contributed by atoms with Gasteiger partial charge in [0.25, 0.3) is 11.5 Å². The zero-order valence-electron chi connectivity index (χ0n) is 13.3. The van der Waals surface area contributed by atoms with Crippen molar-refractivity contribution in [2.24, 2.45) is 0 Å². The molecule has 1 aromatic heterocycles. The Kier molecular flexibility index (Phi) is 3.93. The van der Waals surface area contributed by atoms with Crippen LogP contribution in [0.1, 0.15) is 56.2 Å². The van der Waals surface area contributed by atoms with Crippen molar-refractivity contribution < 1.29 is 9.53 Å². The molecule has 0 N–H and O–H groups in total. The van der Waals surface area contributed by atoms with E-state index in [4.69, 9.17) is 4.74 Å². The van der Waals surface area contributed by atoms with Crippen LogP contribution in [0, 0.1) is 0 Å². The van der Waals surface area contributed by atoms with E-state index in [2.05, 4.69) is 5.10 Å². The van der Waals surface area contributed by atoms with Gasteiger partial charge >= 0.3 is 0 Å². The number of aromatic nitrogens is 2. The lowest BCUT2D eigenvalue weighted by Gasteiger charge is -2.33. The first-order valence-corrected chi connectivity index (χ1v) is 8.72. The van der Waals surface area contributed by atoms with Crippen LogP contribution in [-0.2, 0) is 9.53 Å². The third-order valence-corrected chi connectivity index (χ3v) is 5.17. The number of hydrogen-bond donors (Lipinski definition) is 0. The van der Waals surface area contributed by atoms with Crippen LogP contribution < -0.4 is 5.56 Å². The van der Waals surface area contributed by atoms with Crippen molar-refractivity contribution >= 4 is 5.91 Å². The number of likely N-dealkylation sites (tertiary alicyclic amines) is 1. The Bertz CT molecular complexity index is 639. The third-order valence-electron chi connectivity index (χ3n) is 5.17. The van der Waals surface area contributed by atoms with E-state index in [9.17, 15) is 9.59 Å². The van der Waals surface area contributed by atoms with Crippen molar-refractivity contribution in [2.75, 3.05) is 19.7 Å². The van der Waals surface area contributed by atoms with E-state index in [1.807, 2.05) is 11.0 Å². The van der Waals surface area contributed by atoms with Gasteiger partial charge in [0.2, 0.25) is 0 Å². The Morgan fingerprint density at radius 2 is 1.91 bits per heavy atom. The Labute approximate surface area is 135 Å². The zero-order valence-corrected chi connectivity index (χ0v) is 13.3. The molecule has 1 aromatic rings. The molecular weight excluding hydrogens is 294 g/mol. The molecule has 3 fully saturated rings. The highest BCUT2D eigenvalue weighted by Crippen LogP contribution is 2.38. The molecule has 1 atom stereocenters. The Morgan fingerprint density at radius 1 is 1.13 bits per heavy atom. The fourth-order valence-electron chi connectivity index (χ4n) is 3.61. The summed E-state index contributed by atoms with van der Waals surface area (Å²) in [6.45, 7) is 2.07. The number of carbonyl (C=O) groups excluding carboxylic acids is 1. The first-order valence-electron chi connectivity index (χ1n) is 8.72. The van der Waals surface area contributed by atoms with E-state index < -0.39 is 0 Å². The molecular formula is C17H23N3O3. The van der Waals surface area contributed by atoms with Crippen LogP contribution in [0.2, 0.25) is 0 Å². The van der Waals surface area contributed by atoms with Crippen molar-refractivity contribution in [1.29, 1.82) is 0 Å². The van der Waals surface area contributed by atoms with Crippen LogP contribution in [0.25, 0.3) is 0 Å². The normalized spacial score (nSPS) is 25.7. The maximum Gasteiger partial charge on any atom is 0.267 e. The van der Waals surface area contributed by atoms with Crippen LogP contribution in [0.5, 0.6) is 0 Å². The van der Waals surface area contributed by atoms with Gasteiger partial charge in [0.1, 0.15) is 6.10 Å². The lowest BCUT2D eigenvalue weighted by Crippen LogP contribution is -2.45. The topological polar surface area (TPSA) is 64.4 Å². The van der Waals surface area contributed by atoms with E-state index in [1.54, 1.807) is 10.7 Å². The highest BCUT2D eigenvalue weighted by atomic mass is 16.5. The standard InChI is InChI=1S/C17H23N3O3/c21-16-6-5-14(12-3-4-12)18-20(16)13-7-9-19(10-8-13)17(22)15-2-1-11-23-15/h5-6,12-13,15H,1-4,7-11H2. The maximum atomic E-state index is 12.4. The number of amides is 1. The highest BCUT2D eigenvalue weighted by Gasteiger charge is 2.32. The average molecular weight is 317 g/mol. The minimum Gasteiger partial charge on any atom is -0.368 e. The molecule has 0 aromatic carbocycles. The fraction of sp³-hybridized carbons (Fsp3) is 0.706. The van der Waals surface area contributed by atoms with Crippen molar-refractivity contribution in [1.82, 2.24) is 14.7 Å². The van der Waals surface area contributed by atoms with Crippen LogP contribution in [0.15, 0.2) is 16.9 Å². The molecule has 0 radical (unpaired) electrons. The third kappa shape index (κ3) is 3.04. The molecule has 0 bridgehead atoms. The van der Waals surface area contributed by atoms with Gasteiger partial charge < -0.3 is 9.64 Å². The van der Waals surface area contributed by atoms with Gasteiger partial charge in [0.05, 0.1) is 11.7 Å². The molecule has 1 amide bonds. The Hall–Kier alpha value is -1.69. The summed E-state index contributed by atoms with van der Waals surface area (Å²) < 4.78 is 7.14. The average Bonchev–Trinajstić information content (AvgIpc) is 3.29. The van der Waals surface area contributed by atoms with Crippen LogP contribution >= 0.6 is 0 Å². The molecule has 3 heterocycles. The Morgan fingerprint density at radius 3 is 2.57 bits per heavy atom. The molecule has 2 saturated heterocycles. The number of nitrogens with zero attached hydrogens (tertiary/aromatic N) is 3. The zero-order chi connectivity index (χ0) is 15.8. The van der Waals surface area contributed by atoms with Gasteiger partial charge in [-0.2, -0.15) is 5.10 Å². The molecule has 4 rings (SSSR count). The first kappa shape index (κ1) is 14.9. The molecule has 124 valence electrons. The SMILES string of the molecule is O=C(C1CCCO1)N1CCC(n2nc(C3CC3)ccc2=O)CC1. The summed E-state index contributed by atoms with van der Waals surface area (Å²) >= 11 is 0. The second-order valence-electron chi connectivity index (χ2n) is 6.87. The number of piperidine rings is 1. The second kappa shape index (κ2) is 6.07. The molecule has 1 unspecified atom stereocenters. The van der Waals surface area contributed by atoms with Gasteiger partial charge in [0, 0.05) is 31.7 Å². The summed E-state index contributed by atoms with van der Waals surface area (Å²) in [6, 6.07) is 3.62. The molecule has 6 heteroatoms. The minimum absolute atomic E-state index is 0.0293. The van der Waals surface area contributed by atoms with Gasteiger partial charge in [-0.25, -0.2) is 4.68 Å². The maximum absolute atomic E-state index is 12.4. The summed E-state index contributed by atoms with van der Waals surface area (Å²) in [5.74, 6) is 0.663. The summed E-state index contributed by atoms with van der Waals surface area (Å²) in [6.07, 6.45) is 5.51. The predicted octanol–water partition coefficient (Wildman–Crippen LogP) is 1.46. The summed E-state index contributed by atoms with van der Waals surface area (Å²) in [5, 5.41) is 4.58. The van der Waals surface area contributed by atoms with Crippen LogP contribution in [0.4, 0.5) is 0 Å². The molecule has 23 heavy (non-hydrogen) atoms. The summed E-state index contributed by atoms with van der Waals surface area (Å²) in [4.78, 5) is 26.4. The molecule has 1 aliphatic carbocycles. The summed E-state index contributed by atoms with van der Waals surface area (Å²) in [7, 11) is 0. The number of hydrogen-bond acceptors (Lipinski definition) is 4. The molecule has 6 nitrogen and oxygen atoms in total. The van der Waals surface area contributed by atoms with Gasteiger partial charge in [0.15, 0.2) is 0 Å². The Balaban J connectivity index is 1.42. The molecule has 1 saturated carbocycles. The van der Waals surface area contributed by atoms with E-state index >= 15 is 0 Å². The lowest BCUT2D eigenvalue weighted by molar-refractivity contribution is -0.142. The second-order valence-corrected chi connectivity index (χ2v) is 6.87. The quantitative estimate of drug-likeness (QED) is 0.847. The van der Waals surface area contributed by atoms with E-state index in [1.165, 1.54) is 12.8 Å². The fourth-order valence-corrected chi connectivity index (χ4v) is 3.61. The van der Waals surface area contributed by atoms with E-state index in [0.717, 1.165) is 31.4 Å². The number of ether oxygens (including phenoxy) is 1. The van der Waals surface area contributed by atoms with Gasteiger partial charge in [-0.15, -0.1) is 0 Å². The monoisotopic (exact) mass is 317 g/mol. The van der Waals surface area contributed by atoms with Crippen molar-refractivity contribution in [3.63, 3.8) is 0 Å². The lowest BCUT2D eigenvalue weighted by atomic mass is 10.0. The predicted molar refractivity (Wildman–Crippen MR) is 84.3 cm³/mol. The van der Waals surface area contributed by atoms with Crippen molar-refractivity contribution in [3.8, 4) is 0 Å². The van der Waals surface area contributed by atoms with Gasteiger partial charge in [-0.05, 0) is 44.6 Å². The number of carbonyl (C=O) groups is 1. The molecule has 3 aliphatic rings. The number of rotatable bonds is 3. The minimum atomic E-state index is -0.245. The molecule has 2 aliphatic heterocycles. The van der Waals surface area contributed by atoms with Crippen LogP contribution in [0.3, 0.4) is 0 Å². The highest BCUT2D eigenvalue weighted by molar-refractivity contribution is 5.81. The van der Waals surface area contributed by atoms with Gasteiger partial charge in [-0.1, -0.05) is 0 Å². The first-order chi connectivity index (χ1) is 11.2. The molecule has 0 spiro atoms. The van der Waals surface area contributed by atoms with E-state index in [-0.39, 0.29) is 23.6 Å². The summed E-state index contributed by atoms with van der Waals surface area (Å²) in [5.41, 5.74) is 1.01.